The van der Waals surface area contributed by atoms with E-state index in [1.165, 1.54) is 0 Å². The quantitative estimate of drug-likeness (QED) is 0.726. The number of furan rings is 1. The fourth-order valence-corrected chi connectivity index (χ4v) is 2.78. The molecule has 0 spiro atoms. The largest absolute Gasteiger partial charge is 0.465 e. The van der Waals surface area contributed by atoms with Gasteiger partial charge in [0, 0.05) is 24.8 Å². The Morgan fingerprint density at radius 3 is 2.89 bits per heavy atom. The highest BCUT2D eigenvalue weighted by atomic mass is 16.5. The van der Waals surface area contributed by atoms with Crippen LogP contribution in [0.25, 0.3) is 11.4 Å². The minimum atomic E-state index is -0.453. The van der Waals surface area contributed by atoms with Crippen LogP contribution in [0.1, 0.15) is 22.2 Å². The lowest BCUT2D eigenvalue weighted by atomic mass is 10.2. The first kappa shape index (κ1) is 17.2. The number of aryl methyl sites for hydroxylation is 1. The zero-order valence-electron chi connectivity index (χ0n) is 14.8. The molecule has 1 amide bonds. The maximum Gasteiger partial charge on any atom is 0.316 e. The molecule has 3 aromatic heterocycles. The minimum Gasteiger partial charge on any atom is -0.465 e. The van der Waals surface area contributed by atoms with Crippen molar-refractivity contribution in [2.45, 2.75) is 13.5 Å². The van der Waals surface area contributed by atoms with Crippen LogP contribution in [-0.4, -0.2) is 47.3 Å². The van der Waals surface area contributed by atoms with Gasteiger partial charge in [-0.25, -0.2) is 4.98 Å². The summed E-state index contributed by atoms with van der Waals surface area (Å²) in [7, 11) is 0. The molecule has 0 radical (unpaired) electrons. The Hall–Kier alpha value is -3.20. The van der Waals surface area contributed by atoms with Crippen LogP contribution in [-0.2, 0) is 11.3 Å². The molecule has 27 heavy (non-hydrogen) atoms. The normalized spacial score (nSPS) is 14.3. The lowest BCUT2D eigenvalue weighted by Crippen LogP contribution is -2.36. The number of anilines is 1. The first-order chi connectivity index (χ1) is 13.2. The molecule has 4 heterocycles. The smallest absolute Gasteiger partial charge is 0.316 e. The van der Waals surface area contributed by atoms with Gasteiger partial charge in [-0.2, -0.15) is 4.98 Å². The molecule has 0 saturated carbocycles. The first-order valence-corrected chi connectivity index (χ1v) is 8.65. The van der Waals surface area contributed by atoms with Crippen molar-refractivity contribution in [3.05, 3.63) is 47.9 Å². The predicted molar refractivity (Wildman–Crippen MR) is 95.2 cm³/mol. The van der Waals surface area contributed by atoms with Crippen molar-refractivity contribution >= 4 is 11.7 Å². The van der Waals surface area contributed by atoms with Gasteiger partial charge < -0.3 is 23.9 Å². The average Bonchev–Trinajstić information content (AvgIpc) is 3.36. The van der Waals surface area contributed by atoms with Crippen LogP contribution >= 0.6 is 0 Å². The summed E-state index contributed by atoms with van der Waals surface area (Å²) in [5.74, 6) is 2.05. The van der Waals surface area contributed by atoms with Gasteiger partial charge in [-0.15, -0.1) is 0 Å². The van der Waals surface area contributed by atoms with Gasteiger partial charge >= 0.3 is 11.8 Å². The minimum absolute atomic E-state index is 0.0991. The molecule has 9 heteroatoms. The van der Waals surface area contributed by atoms with Crippen LogP contribution in [0.3, 0.4) is 0 Å². The Morgan fingerprint density at radius 1 is 1.26 bits per heavy atom. The van der Waals surface area contributed by atoms with E-state index >= 15 is 0 Å². The van der Waals surface area contributed by atoms with E-state index in [4.69, 9.17) is 13.7 Å². The van der Waals surface area contributed by atoms with Gasteiger partial charge in [-0.1, -0.05) is 5.16 Å². The third-order valence-corrected chi connectivity index (χ3v) is 4.18. The summed E-state index contributed by atoms with van der Waals surface area (Å²) < 4.78 is 15.9. The standard InChI is InChI=1S/C18H19N5O4/c1-12-2-3-14(26-12)11-20-17(24)18-21-16(22-27-18)13-4-5-19-15(10-13)23-6-8-25-9-7-23/h2-5,10H,6-9,11H2,1H3,(H,20,24). The molecule has 140 valence electrons. The van der Waals surface area contributed by atoms with Crippen LogP contribution in [0, 0.1) is 6.92 Å². The third-order valence-electron chi connectivity index (χ3n) is 4.18. The van der Waals surface area contributed by atoms with Crippen molar-refractivity contribution < 1.29 is 18.5 Å². The summed E-state index contributed by atoms with van der Waals surface area (Å²) in [5.41, 5.74) is 0.732. The predicted octanol–water partition coefficient (Wildman–Crippen LogP) is 1.80. The Kier molecular flexibility index (Phi) is 4.84. The van der Waals surface area contributed by atoms with Gasteiger partial charge in [-0.3, -0.25) is 4.79 Å². The maximum atomic E-state index is 12.2. The van der Waals surface area contributed by atoms with Gasteiger partial charge in [0.25, 0.3) is 0 Å². The summed E-state index contributed by atoms with van der Waals surface area (Å²) in [4.78, 5) is 22.9. The first-order valence-electron chi connectivity index (χ1n) is 8.65. The number of amides is 1. The Bertz CT molecular complexity index is 929. The van der Waals surface area contributed by atoms with Crippen molar-refractivity contribution in [2.24, 2.45) is 0 Å². The lowest BCUT2D eigenvalue weighted by molar-refractivity contribution is 0.0904. The van der Waals surface area contributed by atoms with Gasteiger partial charge in [0.2, 0.25) is 5.82 Å². The summed E-state index contributed by atoms with van der Waals surface area (Å²) in [5, 5.41) is 6.60. The number of carbonyl (C=O) groups is 1. The molecule has 1 aliphatic heterocycles. The second-order valence-corrected chi connectivity index (χ2v) is 6.12. The van der Waals surface area contributed by atoms with Crippen molar-refractivity contribution in [1.82, 2.24) is 20.4 Å². The molecule has 1 N–H and O–H groups in total. The fourth-order valence-electron chi connectivity index (χ4n) is 2.78. The van der Waals surface area contributed by atoms with Crippen LogP contribution in [0.4, 0.5) is 5.82 Å². The van der Waals surface area contributed by atoms with Crippen LogP contribution < -0.4 is 10.2 Å². The SMILES string of the molecule is Cc1ccc(CNC(=O)c2nc(-c3ccnc(N4CCOCC4)c3)no2)o1. The molecule has 0 unspecified atom stereocenters. The lowest BCUT2D eigenvalue weighted by Gasteiger charge is -2.27. The van der Waals surface area contributed by atoms with Crippen molar-refractivity contribution in [2.75, 3.05) is 31.2 Å². The highest BCUT2D eigenvalue weighted by Crippen LogP contribution is 2.21. The average molecular weight is 369 g/mol. The molecular weight excluding hydrogens is 350 g/mol. The Morgan fingerprint density at radius 2 is 2.11 bits per heavy atom. The number of morpholine rings is 1. The zero-order valence-corrected chi connectivity index (χ0v) is 14.8. The Labute approximate surface area is 155 Å². The fraction of sp³-hybridized carbons (Fsp3) is 0.333. The molecule has 1 aliphatic rings. The number of hydrogen-bond donors (Lipinski definition) is 1. The number of rotatable bonds is 5. The maximum absolute atomic E-state index is 12.2. The van der Waals surface area contributed by atoms with E-state index in [1.807, 2.05) is 19.1 Å². The number of hydrogen-bond acceptors (Lipinski definition) is 8. The van der Waals surface area contributed by atoms with Gasteiger partial charge in [-0.05, 0) is 31.2 Å². The molecule has 1 fully saturated rings. The highest BCUT2D eigenvalue weighted by Gasteiger charge is 2.18. The summed E-state index contributed by atoms with van der Waals surface area (Å²) in [6, 6.07) is 7.30. The summed E-state index contributed by atoms with van der Waals surface area (Å²) >= 11 is 0. The van der Waals surface area contributed by atoms with Crippen LogP contribution in [0.5, 0.6) is 0 Å². The van der Waals surface area contributed by atoms with Crippen LogP contribution in [0.2, 0.25) is 0 Å². The number of ether oxygens (including phenoxy) is 1. The Balaban J connectivity index is 1.44. The number of nitrogens with one attached hydrogen (secondary N) is 1. The van der Waals surface area contributed by atoms with Gasteiger partial charge in [0.05, 0.1) is 19.8 Å². The zero-order chi connectivity index (χ0) is 18.6. The van der Waals surface area contributed by atoms with Gasteiger partial charge in [0.15, 0.2) is 0 Å². The number of nitrogens with zero attached hydrogens (tertiary/aromatic N) is 4. The molecule has 4 rings (SSSR count). The van der Waals surface area contributed by atoms with E-state index in [1.54, 1.807) is 18.3 Å². The second kappa shape index (κ2) is 7.58. The molecule has 0 aromatic carbocycles. The van der Waals surface area contributed by atoms with Crippen molar-refractivity contribution in [3.8, 4) is 11.4 Å². The molecule has 0 bridgehead atoms. The molecule has 3 aromatic rings. The van der Waals surface area contributed by atoms with Crippen molar-refractivity contribution in [1.29, 1.82) is 0 Å². The van der Waals surface area contributed by atoms with Gasteiger partial charge in [0.1, 0.15) is 17.3 Å². The summed E-state index contributed by atoms with van der Waals surface area (Å²) in [6.07, 6.45) is 1.69. The molecule has 1 saturated heterocycles. The van der Waals surface area contributed by atoms with E-state index in [2.05, 4.69) is 25.3 Å². The van der Waals surface area contributed by atoms with E-state index in [9.17, 15) is 4.79 Å². The van der Waals surface area contributed by atoms with E-state index in [0.29, 0.717) is 24.8 Å². The van der Waals surface area contributed by atoms with Crippen molar-refractivity contribution in [3.63, 3.8) is 0 Å². The molecule has 9 nitrogen and oxygen atoms in total. The molecular formula is C18H19N5O4. The van der Waals surface area contributed by atoms with E-state index < -0.39 is 5.91 Å². The van der Waals surface area contributed by atoms with E-state index in [-0.39, 0.29) is 12.4 Å². The number of pyridine rings is 1. The molecule has 0 atom stereocenters. The molecule has 0 aliphatic carbocycles. The topological polar surface area (TPSA) is 107 Å². The third kappa shape index (κ3) is 3.98. The second-order valence-electron chi connectivity index (χ2n) is 6.12. The monoisotopic (exact) mass is 369 g/mol. The number of carbonyl (C=O) groups excluding carboxylic acids is 1. The summed E-state index contributed by atoms with van der Waals surface area (Å²) in [6.45, 7) is 5.00. The van der Waals surface area contributed by atoms with Crippen LogP contribution in [0.15, 0.2) is 39.4 Å². The van der Waals surface area contributed by atoms with E-state index in [0.717, 1.165) is 30.2 Å². The number of aromatic nitrogens is 3. The highest BCUT2D eigenvalue weighted by molar-refractivity contribution is 5.89.